The minimum Gasteiger partial charge on any atom is -0.453 e. The molecule has 1 aliphatic rings. The van der Waals surface area contributed by atoms with Gasteiger partial charge in [0, 0.05) is 26.1 Å². The molecule has 2 rings (SSSR count). The van der Waals surface area contributed by atoms with Gasteiger partial charge >= 0.3 is 5.97 Å². The zero-order valence-corrected chi connectivity index (χ0v) is 18.3. The number of hydrogen-bond acceptors (Lipinski definition) is 5. The molecule has 0 aromatic heterocycles. The summed E-state index contributed by atoms with van der Waals surface area (Å²) >= 11 is 0. The van der Waals surface area contributed by atoms with E-state index >= 15 is 0 Å². The van der Waals surface area contributed by atoms with Gasteiger partial charge in [-0.1, -0.05) is 32.4 Å². The number of benzene rings is 1. The van der Waals surface area contributed by atoms with E-state index in [-0.39, 0.29) is 17.2 Å². The van der Waals surface area contributed by atoms with E-state index in [9.17, 15) is 18.0 Å². The first kappa shape index (κ1) is 23.3. The largest absolute Gasteiger partial charge is 0.453 e. The Morgan fingerprint density at radius 3 is 2.28 bits per heavy atom. The monoisotopic (exact) mass is 424 g/mol. The van der Waals surface area contributed by atoms with E-state index in [1.54, 1.807) is 31.2 Å². The van der Waals surface area contributed by atoms with Gasteiger partial charge < -0.3 is 10.1 Å². The van der Waals surface area contributed by atoms with Crippen LogP contribution in [0.15, 0.2) is 29.2 Å². The lowest BCUT2D eigenvalue weighted by atomic mass is 10.1. The second kappa shape index (κ2) is 10.7. The summed E-state index contributed by atoms with van der Waals surface area (Å²) in [5.41, 5.74) is 0.844. The van der Waals surface area contributed by atoms with Crippen LogP contribution in [-0.4, -0.2) is 50.3 Å². The molecule has 1 unspecified atom stereocenters. The van der Waals surface area contributed by atoms with Crippen molar-refractivity contribution in [3.8, 4) is 0 Å². The molecule has 1 saturated heterocycles. The summed E-state index contributed by atoms with van der Waals surface area (Å²) in [6, 6.07) is 6.63. The van der Waals surface area contributed by atoms with Crippen molar-refractivity contribution in [2.75, 3.05) is 19.6 Å². The minimum atomic E-state index is -3.45. The van der Waals surface area contributed by atoms with E-state index in [1.165, 1.54) is 4.31 Å². The average Bonchev–Trinajstić information content (AvgIpc) is 2.71. The molecule has 0 aliphatic carbocycles. The Labute approximate surface area is 173 Å². The molecule has 29 heavy (non-hydrogen) atoms. The van der Waals surface area contributed by atoms with Crippen LogP contribution in [-0.2, 0) is 30.8 Å². The SMILES string of the molecule is CC(C)CNC(=O)C(C)OC(=O)CCc1ccc(S(=O)(=O)N2CCCCC2)cc1. The fourth-order valence-electron chi connectivity index (χ4n) is 3.09. The van der Waals surface area contributed by atoms with Crippen molar-refractivity contribution in [2.45, 2.75) is 63.9 Å². The summed E-state index contributed by atoms with van der Waals surface area (Å²) in [6.45, 7) is 7.19. The molecule has 1 atom stereocenters. The topological polar surface area (TPSA) is 92.8 Å². The molecule has 0 radical (unpaired) electrons. The van der Waals surface area contributed by atoms with Crippen molar-refractivity contribution in [1.29, 1.82) is 0 Å². The molecule has 1 amide bonds. The smallest absolute Gasteiger partial charge is 0.306 e. The average molecular weight is 425 g/mol. The number of sulfonamides is 1. The summed E-state index contributed by atoms with van der Waals surface area (Å²) in [7, 11) is -3.45. The lowest BCUT2D eigenvalue weighted by Crippen LogP contribution is -2.37. The Kier molecular flexibility index (Phi) is 8.64. The molecular formula is C21H32N2O5S. The quantitative estimate of drug-likeness (QED) is 0.615. The van der Waals surface area contributed by atoms with Crippen LogP contribution < -0.4 is 5.32 Å². The number of nitrogens with one attached hydrogen (secondary N) is 1. The number of carbonyl (C=O) groups excluding carboxylic acids is 2. The fourth-order valence-corrected chi connectivity index (χ4v) is 4.60. The van der Waals surface area contributed by atoms with Crippen LogP contribution >= 0.6 is 0 Å². The maximum absolute atomic E-state index is 12.7. The summed E-state index contributed by atoms with van der Waals surface area (Å²) in [5, 5.41) is 2.73. The van der Waals surface area contributed by atoms with Crippen LogP contribution in [0.25, 0.3) is 0 Å². The first-order valence-corrected chi connectivity index (χ1v) is 11.7. The number of rotatable bonds is 9. The van der Waals surface area contributed by atoms with Gasteiger partial charge in [-0.15, -0.1) is 0 Å². The number of piperidine rings is 1. The molecular weight excluding hydrogens is 392 g/mol. The van der Waals surface area contributed by atoms with E-state index in [0.29, 0.717) is 32.0 Å². The molecule has 1 aromatic carbocycles. The van der Waals surface area contributed by atoms with Gasteiger partial charge in [-0.2, -0.15) is 4.31 Å². The Morgan fingerprint density at radius 1 is 1.07 bits per heavy atom. The predicted octanol–water partition coefficient (Wildman–Crippen LogP) is 2.50. The lowest BCUT2D eigenvalue weighted by molar-refractivity contribution is -0.154. The Bertz CT molecular complexity index is 784. The van der Waals surface area contributed by atoms with Crippen molar-refractivity contribution in [2.24, 2.45) is 5.92 Å². The first-order valence-electron chi connectivity index (χ1n) is 10.3. The van der Waals surface area contributed by atoms with Gasteiger partial charge in [-0.05, 0) is 49.8 Å². The summed E-state index contributed by atoms with van der Waals surface area (Å²) in [6.07, 6.45) is 2.57. The molecule has 7 nitrogen and oxygen atoms in total. The minimum absolute atomic E-state index is 0.125. The highest BCUT2D eigenvalue weighted by molar-refractivity contribution is 7.89. The van der Waals surface area contributed by atoms with E-state index in [0.717, 1.165) is 24.8 Å². The highest BCUT2D eigenvalue weighted by Gasteiger charge is 2.25. The number of nitrogens with zero attached hydrogens (tertiary/aromatic N) is 1. The number of carbonyl (C=O) groups is 2. The van der Waals surface area contributed by atoms with E-state index < -0.39 is 22.1 Å². The van der Waals surface area contributed by atoms with Gasteiger partial charge in [0.15, 0.2) is 6.10 Å². The second-order valence-electron chi connectivity index (χ2n) is 7.88. The third-order valence-corrected chi connectivity index (χ3v) is 6.77. The number of aryl methyl sites for hydroxylation is 1. The molecule has 1 aromatic rings. The molecule has 1 N–H and O–H groups in total. The van der Waals surface area contributed by atoms with Gasteiger partial charge in [0.25, 0.3) is 5.91 Å². The lowest BCUT2D eigenvalue weighted by Gasteiger charge is -2.25. The highest BCUT2D eigenvalue weighted by Crippen LogP contribution is 2.21. The van der Waals surface area contributed by atoms with Crippen LogP contribution in [0.4, 0.5) is 0 Å². The number of hydrogen-bond donors (Lipinski definition) is 1. The Balaban J connectivity index is 1.83. The molecule has 0 spiro atoms. The molecule has 0 saturated carbocycles. The molecule has 1 heterocycles. The van der Waals surface area contributed by atoms with Crippen LogP contribution in [0.5, 0.6) is 0 Å². The highest BCUT2D eigenvalue weighted by atomic mass is 32.2. The number of amides is 1. The first-order chi connectivity index (χ1) is 13.7. The van der Waals surface area contributed by atoms with E-state index in [4.69, 9.17) is 4.74 Å². The molecule has 1 aliphatic heterocycles. The van der Waals surface area contributed by atoms with Crippen LogP contribution in [0.3, 0.4) is 0 Å². The van der Waals surface area contributed by atoms with Crippen LogP contribution in [0.1, 0.15) is 52.0 Å². The van der Waals surface area contributed by atoms with Crippen molar-refractivity contribution < 1.29 is 22.7 Å². The standard InChI is InChI=1S/C21H32N2O5S/c1-16(2)15-22-21(25)17(3)28-20(24)12-9-18-7-10-19(11-8-18)29(26,27)23-13-5-4-6-14-23/h7-8,10-11,16-17H,4-6,9,12-15H2,1-3H3,(H,22,25). The van der Waals surface area contributed by atoms with Crippen molar-refractivity contribution in [1.82, 2.24) is 9.62 Å². The maximum atomic E-state index is 12.7. The molecule has 8 heteroatoms. The third-order valence-electron chi connectivity index (χ3n) is 4.86. The van der Waals surface area contributed by atoms with Gasteiger partial charge in [0.1, 0.15) is 0 Å². The molecule has 162 valence electrons. The predicted molar refractivity (Wildman–Crippen MR) is 111 cm³/mol. The summed E-state index contributed by atoms with van der Waals surface area (Å²) in [4.78, 5) is 24.1. The van der Waals surface area contributed by atoms with Crippen LogP contribution in [0, 0.1) is 5.92 Å². The molecule has 1 fully saturated rings. The normalized spacial score (nSPS) is 16.4. The van der Waals surface area contributed by atoms with Gasteiger partial charge in [0.05, 0.1) is 4.90 Å². The summed E-state index contributed by atoms with van der Waals surface area (Å²) < 4.78 is 32.0. The Hall–Kier alpha value is -1.93. The van der Waals surface area contributed by atoms with Crippen LogP contribution in [0.2, 0.25) is 0 Å². The number of ether oxygens (including phenoxy) is 1. The fraction of sp³-hybridized carbons (Fsp3) is 0.619. The van der Waals surface area contributed by atoms with E-state index in [2.05, 4.69) is 5.32 Å². The molecule has 0 bridgehead atoms. The maximum Gasteiger partial charge on any atom is 0.306 e. The zero-order valence-electron chi connectivity index (χ0n) is 17.5. The van der Waals surface area contributed by atoms with Crippen molar-refractivity contribution in [3.63, 3.8) is 0 Å². The second-order valence-corrected chi connectivity index (χ2v) is 9.82. The van der Waals surface area contributed by atoms with Gasteiger partial charge in [-0.3, -0.25) is 9.59 Å². The number of esters is 1. The zero-order chi connectivity index (χ0) is 21.4. The summed E-state index contributed by atoms with van der Waals surface area (Å²) in [5.74, 6) is -0.440. The third kappa shape index (κ3) is 7.12. The van der Waals surface area contributed by atoms with E-state index in [1.807, 2.05) is 13.8 Å². The van der Waals surface area contributed by atoms with Gasteiger partial charge in [0.2, 0.25) is 10.0 Å². The van der Waals surface area contributed by atoms with Crippen molar-refractivity contribution >= 4 is 21.9 Å². The Morgan fingerprint density at radius 2 is 1.69 bits per heavy atom. The van der Waals surface area contributed by atoms with Gasteiger partial charge in [-0.25, -0.2) is 8.42 Å². The van der Waals surface area contributed by atoms with Crippen molar-refractivity contribution in [3.05, 3.63) is 29.8 Å².